The molecule has 7 heteroatoms. The molecule has 1 amide bonds. The third-order valence-corrected chi connectivity index (χ3v) is 5.46. The van der Waals surface area contributed by atoms with Crippen LogP contribution in [0.3, 0.4) is 0 Å². The number of nitrogens with zero attached hydrogens (tertiary/aromatic N) is 2. The van der Waals surface area contributed by atoms with E-state index in [1.165, 1.54) is 30.6 Å². The SMILES string of the molecule is CCN(CC)CC.CN1C(=O)/C(=C/C2C(=O)CCC2=O)SC1=S. The maximum Gasteiger partial charge on any atom is 0.265 e. The van der Waals surface area contributed by atoms with Gasteiger partial charge in [-0.3, -0.25) is 19.3 Å². The van der Waals surface area contributed by atoms with Crippen molar-refractivity contribution in [3.63, 3.8) is 0 Å². The highest BCUT2D eigenvalue weighted by Crippen LogP contribution is 2.32. The highest BCUT2D eigenvalue weighted by atomic mass is 32.2. The van der Waals surface area contributed by atoms with E-state index in [4.69, 9.17) is 12.2 Å². The molecule has 1 heterocycles. The third kappa shape index (κ3) is 5.22. The first kappa shape index (κ1) is 20.0. The van der Waals surface area contributed by atoms with Gasteiger partial charge in [0, 0.05) is 19.9 Å². The van der Waals surface area contributed by atoms with Gasteiger partial charge in [0.25, 0.3) is 5.91 Å². The van der Waals surface area contributed by atoms with Crippen LogP contribution in [0.4, 0.5) is 0 Å². The molecule has 0 bridgehead atoms. The number of thiocarbonyl (C=S) groups is 1. The molecule has 1 saturated carbocycles. The number of amides is 1. The maximum atomic E-state index is 11.6. The van der Waals surface area contributed by atoms with Gasteiger partial charge >= 0.3 is 0 Å². The number of thioether (sulfide) groups is 1. The van der Waals surface area contributed by atoms with Crippen molar-refractivity contribution in [3.8, 4) is 0 Å². The predicted octanol–water partition coefficient (Wildman–Crippen LogP) is 2.26. The molecule has 2 fully saturated rings. The molecule has 2 aliphatic rings. The van der Waals surface area contributed by atoms with Gasteiger partial charge in [-0.2, -0.15) is 0 Å². The van der Waals surface area contributed by atoms with Crippen LogP contribution >= 0.6 is 24.0 Å². The first-order valence-electron chi connectivity index (χ1n) is 7.85. The van der Waals surface area contributed by atoms with Crippen LogP contribution < -0.4 is 0 Å². The van der Waals surface area contributed by atoms with Crippen LogP contribution in [0.2, 0.25) is 0 Å². The van der Waals surface area contributed by atoms with Gasteiger partial charge in [0.05, 0.1) is 10.8 Å². The molecule has 0 N–H and O–H groups in total. The number of hydrogen-bond acceptors (Lipinski definition) is 6. The van der Waals surface area contributed by atoms with E-state index in [0.717, 1.165) is 11.8 Å². The molecule has 1 aliphatic carbocycles. The predicted molar refractivity (Wildman–Crippen MR) is 97.2 cm³/mol. The fourth-order valence-corrected chi connectivity index (χ4v) is 3.49. The number of allylic oxidation sites excluding steroid dienone is 1. The molecule has 1 aliphatic heterocycles. The van der Waals surface area contributed by atoms with E-state index in [1.54, 1.807) is 7.05 Å². The lowest BCUT2D eigenvalue weighted by atomic mass is 10.1. The Morgan fingerprint density at radius 3 is 1.91 bits per heavy atom. The second-order valence-electron chi connectivity index (χ2n) is 5.29. The molecule has 23 heavy (non-hydrogen) atoms. The molecule has 1 saturated heterocycles. The summed E-state index contributed by atoms with van der Waals surface area (Å²) in [5.41, 5.74) is 0. The van der Waals surface area contributed by atoms with Crippen molar-refractivity contribution < 1.29 is 14.4 Å². The van der Waals surface area contributed by atoms with Gasteiger partial charge < -0.3 is 4.90 Å². The van der Waals surface area contributed by atoms with Crippen LogP contribution in [0.1, 0.15) is 33.6 Å². The molecule has 0 aromatic carbocycles. The van der Waals surface area contributed by atoms with E-state index >= 15 is 0 Å². The molecular weight excluding hydrogens is 332 g/mol. The Labute approximate surface area is 147 Å². The molecule has 0 radical (unpaired) electrons. The summed E-state index contributed by atoms with van der Waals surface area (Å²) < 4.78 is 0.453. The Morgan fingerprint density at radius 1 is 1.13 bits per heavy atom. The highest BCUT2D eigenvalue weighted by molar-refractivity contribution is 8.26. The second kappa shape index (κ2) is 9.30. The molecule has 0 unspecified atom stereocenters. The highest BCUT2D eigenvalue weighted by Gasteiger charge is 2.35. The molecule has 0 spiro atoms. The average Bonchev–Trinajstić information content (AvgIpc) is 2.98. The number of likely N-dealkylation sites (N-methyl/N-ethyl adjacent to an activating group) is 1. The van der Waals surface area contributed by atoms with Crippen molar-refractivity contribution >= 4 is 45.8 Å². The lowest BCUT2D eigenvalue weighted by Gasteiger charge is -2.13. The quantitative estimate of drug-likeness (QED) is 0.437. The minimum Gasteiger partial charge on any atom is -0.304 e. The number of Topliss-reactive ketones (excluding diaryl/α,β-unsaturated/α-hetero) is 2. The Morgan fingerprint density at radius 2 is 1.61 bits per heavy atom. The number of carbonyl (C=O) groups excluding carboxylic acids is 3. The lowest BCUT2D eigenvalue weighted by Crippen LogP contribution is -2.23. The zero-order chi connectivity index (χ0) is 17.6. The smallest absolute Gasteiger partial charge is 0.265 e. The van der Waals surface area contributed by atoms with E-state index in [1.807, 2.05) is 0 Å². The van der Waals surface area contributed by atoms with E-state index in [9.17, 15) is 14.4 Å². The van der Waals surface area contributed by atoms with Crippen molar-refractivity contribution in [1.82, 2.24) is 9.80 Å². The fraction of sp³-hybridized carbons (Fsp3) is 0.625. The average molecular weight is 357 g/mol. The van der Waals surface area contributed by atoms with Gasteiger partial charge in [-0.15, -0.1) is 0 Å². The maximum absolute atomic E-state index is 11.6. The Kier molecular flexibility index (Phi) is 8.08. The molecule has 0 atom stereocenters. The summed E-state index contributed by atoms with van der Waals surface area (Å²) in [7, 11) is 1.58. The molecular formula is C16H24N2O3S2. The summed E-state index contributed by atoms with van der Waals surface area (Å²) in [6, 6.07) is 0. The number of ketones is 2. The van der Waals surface area contributed by atoms with Crippen molar-refractivity contribution in [2.75, 3.05) is 26.7 Å². The summed E-state index contributed by atoms with van der Waals surface area (Å²) in [4.78, 5) is 38.6. The number of rotatable bonds is 4. The minimum absolute atomic E-state index is 0.105. The largest absolute Gasteiger partial charge is 0.304 e. The van der Waals surface area contributed by atoms with Crippen LogP contribution in [0.15, 0.2) is 11.0 Å². The minimum atomic E-state index is -0.735. The Bertz CT molecular complexity index is 506. The second-order valence-corrected chi connectivity index (χ2v) is 6.97. The van der Waals surface area contributed by atoms with Crippen LogP contribution in [-0.4, -0.2) is 58.3 Å². The van der Waals surface area contributed by atoms with Crippen molar-refractivity contribution in [2.45, 2.75) is 33.6 Å². The van der Waals surface area contributed by atoms with Gasteiger partial charge in [-0.05, 0) is 25.7 Å². The first-order chi connectivity index (χ1) is 10.8. The van der Waals surface area contributed by atoms with Gasteiger partial charge in [-0.25, -0.2) is 0 Å². The van der Waals surface area contributed by atoms with Crippen LogP contribution in [0, 0.1) is 5.92 Å². The fourth-order valence-electron chi connectivity index (χ4n) is 2.30. The molecule has 2 rings (SSSR count). The number of hydrogen-bond donors (Lipinski definition) is 0. The molecule has 0 aromatic heterocycles. The van der Waals surface area contributed by atoms with Crippen LogP contribution in [0.25, 0.3) is 0 Å². The van der Waals surface area contributed by atoms with Crippen molar-refractivity contribution in [2.24, 2.45) is 5.92 Å². The van der Waals surface area contributed by atoms with Crippen molar-refractivity contribution in [1.29, 1.82) is 0 Å². The van der Waals surface area contributed by atoms with Crippen LogP contribution in [0.5, 0.6) is 0 Å². The normalized spacial score (nSPS) is 20.7. The van der Waals surface area contributed by atoms with E-state index < -0.39 is 5.92 Å². The molecule has 128 valence electrons. The zero-order valence-electron chi connectivity index (χ0n) is 14.1. The van der Waals surface area contributed by atoms with Gasteiger partial charge in [0.15, 0.2) is 0 Å². The topological polar surface area (TPSA) is 57.7 Å². The summed E-state index contributed by atoms with van der Waals surface area (Å²) in [6.45, 7) is 10.1. The number of carbonyl (C=O) groups is 3. The van der Waals surface area contributed by atoms with E-state index in [-0.39, 0.29) is 30.3 Å². The third-order valence-electron chi connectivity index (χ3n) is 3.96. The Hall–Kier alpha value is -1.05. The van der Waals surface area contributed by atoms with Gasteiger partial charge in [0.2, 0.25) is 0 Å². The zero-order valence-corrected chi connectivity index (χ0v) is 15.8. The van der Waals surface area contributed by atoms with Crippen molar-refractivity contribution in [3.05, 3.63) is 11.0 Å². The monoisotopic (exact) mass is 356 g/mol. The van der Waals surface area contributed by atoms with E-state index in [0.29, 0.717) is 9.23 Å². The summed E-state index contributed by atoms with van der Waals surface area (Å²) >= 11 is 6.09. The standard InChI is InChI=1S/C10H9NO3S2.C6H15N/c1-11-9(14)8(16-10(11)15)4-5-6(12)2-3-7(5)13;1-4-7(5-2)6-3/h4-5H,2-3H2,1H3;4-6H2,1-3H3/b8-4-;. The van der Waals surface area contributed by atoms with Gasteiger partial charge in [-0.1, -0.05) is 44.8 Å². The molecule has 0 aromatic rings. The summed E-state index contributed by atoms with van der Waals surface area (Å²) in [5.74, 6) is -1.18. The van der Waals surface area contributed by atoms with Crippen LogP contribution in [-0.2, 0) is 14.4 Å². The first-order valence-corrected chi connectivity index (χ1v) is 9.07. The Balaban J connectivity index is 0.000000322. The summed E-state index contributed by atoms with van der Waals surface area (Å²) in [6.07, 6.45) is 2.03. The molecule has 5 nitrogen and oxygen atoms in total. The van der Waals surface area contributed by atoms with E-state index in [2.05, 4.69) is 25.7 Å². The lowest BCUT2D eigenvalue weighted by molar-refractivity contribution is -0.125. The summed E-state index contributed by atoms with van der Waals surface area (Å²) in [5, 5.41) is 0. The van der Waals surface area contributed by atoms with Gasteiger partial charge in [0.1, 0.15) is 15.9 Å².